The van der Waals surface area contributed by atoms with Crippen molar-refractivity contribution < 1.29 is 4.42 Å². The standard InChI is InChI=1S/C19H18N2O2.2ClH/c22-17-13-18(21-11-9-20-10-12-21)23-19-15(7-4-8-16(17)19)14-5-2-1-3-6-14;;/h1-8,13,20H,9-12H2;2*1H. The molecular weight excluding hydrogens is 359 g/mol. The largest absolute Gasteiger partial charge is 0.440 e. The molecule has 0 bridgehead atoms. The van der Waals surface area contributed by atoms with Gasteiger partial charge in [-0.2, -0.15) is 0 Å². The zero-order valence-corrected chi connectivity index (χ0v) is 15.2. The number of benzene rings is 2. The van der Waals surface area contributed by atoms with Gasteiger partial charge in [-0.3, -0.25) is 4.79 Å². The van der Waals surface area contributed by atoms with E-state index in [1.54, 1.807) is 6.07 Å². The summed E-state index contributed by atoms with van der Waals surface area (Å²) in [5.41, 5.74) is 2.69. The first-order chi connectivity index (χ1) is 11.3. The number of hydrogen-bond acceptors (Lipinski definition) is 4. The van der Waals surface area contributed by atoms with E-state index in [1.807, 2.05) is 48.5 Å². The first kappa shape index (κ1) is 19.3. The molecule has 1 N–H and O–H groups in total. The van der Waals surface area contributed by atoms with Crippen molar-refractivity contribution in [2.75, 3.05) is 31.1 Å². The van der Waals surface area contributed by atoms with Gasteiger partial charge in [0.1, 0.15) is 5.58 Å². The molecule has 6 heteroatoms. The smallest absolute Gasteiger partial charge is 0.200 e. The summed E-state index contributed by atoms with van der Waals surface area (Å²) >= 11 is 0. The second-order valence-corrected chi connectivity index (χ2v) is 5.73. The number of nitrogens with zero attached hydrogens (tertiary/aromatic N) is 1. The first-order valence-electron chi connectivity index (χ1n) is 7.91. The third kappa shape index (κ3) is 3.82. The molecule has 1 aromatic heterocycles. The van der Waals surface area contributed by atoms with Crippen molar-refractivity contribution in [1.29, 1.82) is 0 Å². The molecule has 4 rings (SSSR count). The Labute approximate surface area is 158 Å². The van der Waals surface area contributed by atoms with Crippen LogP contribution in [0.15, 0.2) is 63.8 Å². The average Bonchev–Trinajstić information content (AvgIpc) is 2.63. The average molecular weight is 379 g/mol. The van der Waals surface area contributed by atoms with Crippen molar-refractivity contribution in [3.63, 3.8) is 0 Å². The molecule has 25 heavy (non-hydrogen) atoms. The van der Waals surface area contributed by atoms with E-state index >= 15 is 0 Å². The molecule has 0 amide bonds. The Morgan fingerprint density at radius 3 is 2.36 bits per heavy atom. The van der Waals surface area contributed by atoms with Crippen LogP contribution in [0.1, 0.15) is 0 Å². The number of halogens is 2. The van der Waals surface area contributed by atoms with E-state index in [-0.39, 0.29) is 30.2 Å². The van der Waals surface area contributed by atoms with E-state index in [0.717, 1.165) is 37.3 Å². The van der Waals surface area contributed by atoms with Crippen LogP contribution in [0.5, 0.6) is 0 Å². The van der Waals surface area contributed by atoms with Crippen molar-refractivity contribution in [2.24, 2.45) is 0 Å². The number of piperazine rings is 1. The molecule has 1 saturated heterocycles. The fraction of sp³-hybridized carbons (Fsp3) is 0.211. The number of rotatable bonds is 2. The lowest BCUT2D eigenvalue weighted by molar-refractivity contribution is 0.521. The molecule has 0 atom stereocenters. The molecular formula is C19H20Cl2N2O2. The van der Waals surface area contributed by atoms with Gasteiger partial charge >= 0.3 is 0 Å². The predicted molar refractivity (Wildman–Crippen MR) is 107 cm³/mol. The van der Waals surface area contributed by atoms with Gasteiger partial charge in [0.25, 0.3) is 0 Å². The van der Waals surface area contributed by atoms with Crippen molar-refractivity contribution in [3.8, 4) is 11.1 Å². The van der Waals surface area contributed by atoms with Crippen LogP contribution in [0.3, 0.4) is 0 Å². The Morgan fingerprint density at radius 1 is 0.920 bits per heavy atom. The Bertz CT molecular complexity index is 891. The Kier molecular flexibility index (Phi) is 6.48. The van der Waals surface area contributed by atoms with Gasteiger partial charge in [0, 0.05) is 37.8 Å². The summed E-state index contributed by atoms with van der Waals surface area (Å²) in [7, 11) is 0. The van der Waals surface area contributed by atoms with Gasteiger partial charge in [-0.25, -0.2) is 0 Å². The van der Waals surface area contributed by atoms with Crippen LogP contribution in [0.2, 0.25) is 0 Å². The number of anilines is 1. The zero-order chi connectivity index (χ0) is 15.6. The summed E-state index contributed by atoms with van der Waals surface area (Å²) in [6, 6.07) is 17.4. The summed E-state index contributed by atoms with van der Waals surface area (Å²) in [6.45, 7) is 3.51. The molecule has 0 saturated carbocycles. The zero-order valence-electron chi connectivity index (χ0n) is 13.6. The highest BCUT2D eigenvalue weighted by Gasteiger charge is 2.16. The maximum Gasteiger partial charge on any atom is 0.200 e. The van der Waals surface area contributed by atoms with Gasteiger partial charge in [-0.05, 0) is 11.6 Å². The molecule has 0 spiro atoms. The summed E-state index contributed by atoms with van der Waals surface area (Å²) in [5, 5.41) is 3.94. The van der Waals surface area contributed by atoms with Gasteiger partial charge in [0.05, 0.1) is 5.39 Å². The van der Waals surface area contributed by atoms with Gasteiger partial charge in [0.15, 0.2) is 11.3 Å². The Balaban J connectivity index is 0.00000113. The minimum atomic E-state index is 0. The molecule has 0 aliphatic carbocycles. The number of hydrogen-bond donors (Lipinski definition) is 1. The molecule has 2 aromatic carbocycles. The maximum atomic E-state index is 12.5. The SMILES string of the molecule is Cl.Cl.O=c1cc(N2CCNCC2)oc2c(-c3ccccc3)cccc12. The van der Waals surface area contributed by atoms with Crippen molar-refractivity contribution in [3.05, 3.63) is 64.8 Å². The highest BCUT2D eigenvalue weighted by atomic mass is 35.5. The van der Waals surface area contributed by atoms with Crippen LogP contribution in [0, 0.1) is 0 Å². The van der Waals surface area contributed by atoms with Gasteiger partial charge in [-0.1, -0.05) is 42.5 Å². The maximum absolute atomic E-state index is 12.5. The molecule has 1 fully saturated rings. The highest BCUT2D eigenvalue weighted by molar-refractivity contribution is 5.92. The summed E-state index contributed by atoms with van der Waals surface area (Å²) < 4.78 is 6.17. The number of fused-ring (bicyclic) bond motifs is 1. The van der Waals surface area contributed by atoms with Gasteiger partial charge in [0.2, 0.25) is 0 Å². The van der Waals surface area contributed by atoms with Crippen LogP contribution < -0.4 is 15.6 Å². The highest BCUT2D eigenvalue weighted by Crippen LogP contribution is 2.29. The predicted octanol–water partition coefficient (Wildman–Crippen LogP) is 3.71. The molecule has 1 aliphatic rings. The number of nitrogens with one attached hydrogen (secondary N) is 1. The molecule has 1 aliphatic heterocycles. The van der Waals surface area contributed by atoms with Gasteiger partial charge < -0.3 is 14.6 Å². The normalized spacial score (nSPS) is 13.8. The third-order valence-corrected chi connectivity index (χ3v) is 4.26. The fourth-order valence-electron chi connectivity index (χ4n) is 3.05. The minimum Gasteiger partial charge on any atom is -0.440 e. The van der Waals surface area contributed by atoms with E-state index in [2.05, 4.69) is 10.2 Å². The van der Waals surface area contributed by atoms with Crippen LogP contribution in [0.25, 0.3) is 22.1 Å². The lowest BCUT2D eigenvalue weighted by Crippen LogP contribution is -2.43. The second-order valence-electron chi connectivity index (χ2n) is 5.73. The monoisotopic (exact) mass is 378 g/mol. The molecule has 0 radical (unpaired) electrons. The van der Waals surface area contributed by atoms with E-state index in [1.165, 1.54) is 0 Å². The van der Waals surface area contributed by atoms with Crippen LogP contribution in [0.4, 0.5) is 5.88 Å². The van der Waals surface area contributed by atoms with E-state index in [4.69, 9.17) is 4.42 Å². The Hall–Kier alpha value is -2.01. The van der Waals surface area contributed by atoms with E-state index in [0.29, 0.717) is 16.9 Å². The van der Waals surface area contributed by atoms with E-state index < -0.39 is 0 Å². The van der Waals surface area contributed by atoms with Gasteiger partial charge in [-0.15, -0.1) is 24.8 Å². The van der Waals surface area contributed by atoms with Crippen molar-refractivity contribution >= 4 is 41.7 Å². The molecule has 4 nitrogen and oxygen atoms in total. The summed E-state index contributed by atoms with van der Waals surface area (Å²) in [5.74, 6) is 0.660. The topological polar surface area (TPSA) is 45.5 Å². The molecule has 3 aromatic rings. The second kappa shape index (κ2) is 8.39. The molecule has 0 unspecified atom stereocenters. The lowest BCUT2D eigenvalue weighted by Gasteiger charge is -2.27. The van der Waals surface area contributed by atoms with Crippen LogP contribution in [-0.2, 0) is 0 Å². The third-order valence-electron chi connectivity index (χ3n) is 4.26. The molecule has 2 heterocycles. The van der Waals surface area contributed by atoms with E-state index in [9.17, 15) is 4.79 Å². The molecule has 132 valence electrons. The van der Waals surface area contributed by atoms with Crippen LogP contribution in [-0.4, -0.2) is 26.2 Å². The quantitative estimate of drug-likeness (QED) is 0.737. The summed E-state index contributed by atoms with van der Waals surface area (Å²) in [6.07, 6.45) is 0. The fourth-order valence-corrected chi connectivity index (χ4v) is 3.05. The van der Waals surface area contributed by atoms with Crippen molar-refractivity contribution in [1.82, 2.24) is 5.32 Å². The minimum absolute atomic E-state index is 0. The number of para-hydroxylation sites is 1. The summed E-state index contributed by atoms with van der Waals surface area (Å²) in [4.78, 5) is 14.6. The van der Waals surface area contributed by atoms with Crippen LogP contribution >= 0.6 is 24.8 Å². The lowest BCUT2D eigenvalue weighted by atomic mass is 10.0. The first-order valence-corrected chi connectivity index (χ1v) is 7.91. The Morgan fingerprint density at radius 2 is 1.64 bits per heavy atom. The van der Waals surface area contributed by atoms with Crippen molar-refractivity contribution in [2.45, 2.75) is 0 Å².